The van der Waals surface area contributed by atoms with Crippen molar-refractivity contribution in [2.24, 2.45) is 10.7 Å². The van der Waals surface area contributed by atoms with E-state index in [1.807, 2.05) is 0 Å². The van der Waals surface area contributed by atoms with Crippen molar-refractivity contribution < 1.29 is 36.7 Å². The molecule has 4 N–H and O–H groups in total. The quantitative estimate of drug-likeness (QED) is 0.181. The van der Waals surface area contributed by atoms with Gasteiger partial charge >= 0.3 is 6.18 Å². The normalized spacial score (nSPS) is 21.3. The van der Waals surface area contributed by atoms with Crippen molar-refractivity contribution in [1.29, 1.82) is 0 Å². The van der Waals surface area contributed by atoms with Gasteiger partial charge in [-0.15, -0.1) is 0 Å². The number of hydrogen-bond donors (Lipinski definition) is 3. The van der Waals surface area contributed by atoms with E-state index in [0.29, 0.717) is 36.0 Å². The number of halogens is 4. The lowest BCUT2D eigenvalue weighted by atomic mass is 9.78. The number of hydrogen-bond acceptors (Lipinski definition) is 7. The van der Waals surface area contributed by atoms with E-state index in [2.05, 4.69) is 22.1 Å². The molecule has 3 unspecified atom stereocenters. The van der Waals surface area contributed by atoms with Gasteiger partial charge in [-0.25, -0.2) is 9.38 Å². The number of piperidine rings is 2. The van der Waals surface area contributed by atoms with E-state index in [9.17, 15) is 31.9 Å². The minimum atomic E-state index is -4.71. The second-order valence-electron chi connectivity index (χ2n) is 12.9. The summed E-state index contributed by atoms with van der Waals surface area (Å²) in [6, 6.07) is 16.4. The van der Waals surface area contributed by atoms with Crippen LogP contribution >= 0.6 is 0 Å². The lowest BCUT2D eigenvalue weighted by Crippen LogP contribution is -2.59. The highest BCUT2D eigenvalue weighted by Crippen LogP contribution is 2.38. The molecule has 3 aromatic carbocycles. The minimum absolute atomic E-state index is 0.0586. The number of benzene rings is 3. The topological polar surface area (TPSA) is 129 Å². The van der Waals surface area contributed by atoms with Crippen LogP contribution in [-0.2, 0) is 20.5 Å². The molecule has 0 aliphatic carbocycles. The Morgan fingerprint density at radius 2 is 1.77 bits per heavy atom. The lowest BCUT2D eigenvalue weighted by molar-refractivity contribution is -0.137. The molecule has 3 aromatic rings. The van der Waals surface area contributed by atoms with Crippen LogP contribution in [0.1, 0.15) is 47.2 Å². The Labute approximate surface area is 305 Å². The highest BCUT2D eigenvalue weighted by molar-refractivity contribution is 6.16. The molecule has 280 valence electrons. The number of alkyl halides is 3. The SMILES string of the molecule is C=C(CN1CCCC(OC)C1)C(=O)NC/C(N)=C1/C(=Nc2ccccc2)N(CC)C(=O)C(NC(=O)c2cccc(C(F)(F)F)c2)C1c1ccc(F)cc1. The van der Waals surface area contributed by atoms with E-state index < -0.39 is 47.2 Å². The van der Waals surface area contributed by atoms with Gasteiger partial charge in [0.05, 0.1) is 23.9 Å². The Morgan fingerprint density at radius 3 is 2.43 bits per heavy atom. The van der Waals surface area contributed by atoms with Crippen LogP contribution in [0.4, 0.5) is 23.2 Å². The molecule has 0 saturated carbocycles. The van der Waals surface area contributed by atoms with Gasteiger partial charge in [-0.2, -0.15) is 13.2 Å². The number of amidine groups is 1. The molecule has 53 heavy (non-hydrogen) atoms. The fraction of sp³-hybridized carbons (Fsp3) is 0.333. The van der Waals surface area contributed by atoms with Gasteiger partial charge in [0.1, 0.15) is 17.7 Å². The molecular weight excluding hydrogens is 692 g/mol. The first-order valence-electron chi connectivity index (χ1n) is 17.2. The van der Waals surface area contributed by atoms with Crippen LogP contribution in [0.3, 0.4) is 0 Å². The third-order valence-corrected chi connectivity index (χ3v) is 9.26. The Bertz CT molecular complexity index is 1880. The second-order valence-corrected chi connectivity index (χ2v) is 12.9. The summed E-state index contributed by atoms with van der Waals surface area (Å²) in [5.41, 5.74) is 6.92. The van der Waals surface area contributed by atoms with Gasteiger partial charge in [-0.05, 0) is 74.3 Å². The molecule has 2 saturated heterocycles. The molecule has 0 bridgehead atoms. The van der Waals surface area contributed by atoms with E-state index in [4.69, 9.17) is 15.5 Å². The summed E-state index contributed by atoms with van der Waals surface area (Å²) in [5.74, 6) is -3.57. The first-order valence-corrected chi connectivity index (χ1v) is 17.2. The van der Waals surface area contributed by atoms with Crippen molar-refractivity contribution in [3.05, 3.63) is 125 Å². The van der Waals surface area contributed by atoms with Gasteiger partial charge in [0.2, 0.25) is 5.91 Å². The van der Waals surface area contributed by atoms with E-state index >= 15 is 0 Å². The molecule has 2 aliphatic rings. The van der Waals surface area contributed by atoms with Gasteiger partial charge in [0, 0.05) is 55.1 Å². The summed E-state index contributed by atoms with van der Waals surface area (Å²) in [5, 5.41) is 5.46. The minimum Gasteiger partial charge on any atom is -0.400 e. The first-order chi connectivity index (χ1) is 25.3. The summed E-state index contributed by atoms with van der Waals surface area (Å²) in [4.78, 5) is 49.6. The Kier molecular flexibility index (Phi) is 12.5. The van der Waals surface area contributed by atoms with Gasteiger partial charge in [0.25, 0.3) is 11.8 Å². The molecule has 3 amide bonds. The van der Waals surface area contributed by atoms with Crippen LogP contribution in [0.25, 0.3) is 0 Å². The highest BCUT2D eigenvalue weighted by atomic mass is 19.4. The number of rotatable bonds is 11. The van der Waals surface area contributed by atoms with Crippen molar-refractivity contribution in [3.8, 4) is 0 Å². The second kappa shape index (κ2) is 17.0. The van der Waals surface area contributed by atoms with E-state index in [1.165, 1.54) is 35.2 Å². The summed E-state index contributed by atoms with van der Waals surface area (Å²) in [7, 11) is 1.65. The van der Waals surface area contributed by atoms with E-state index in [0.717, 1.165) is 31.5 Å². The third-order valence-electron chi connectivity index (χ3n) is 9.26. The average molecular weight is 735 g/mol. The standard InChI is InChI=1S/C39H42F4N6O4/c1-4-49-35(46-29-12-6-5-7-13-29)33(31(44)21-45-36(50)24(2)22-48-19-9-14-30(23-48)53-3)32(25-15-17-28(40)18-16-25)34(38(49)52)47-37(51)26-10-8-11-27(20-26)39(41,42)43/h5-8,10-13,15-18,20,30,32,34H,2,4,9,14,19,21-23,44H2,1,3H3,(H,45,50)(H,47,51)/b33-31-,46-35?. The Balaban J connectivity index is 1.56. The Hall–Kier alpha value is -5.34. The zero-order valence-electron chi connectivity index (χ0n) is 29.5. The number of nitrogens with one attached hydrogen (secondary N) is 2. The zero-order valence-corrected chi connectivity index (χ0v) is 29.5. The van der Waals surface area contributed by atoms with E-state index in [-0.39, 0.29) is 41.9 Å². The number of ether oxygens (including phenoxy) is 1. The number of likely N-dealkylation sites (N-methyl/N-ethyl adjacent to an activating group) is 1. The number of aliphatic imine (C=N–C) groups is 1. The number of nitrogens with zero attached hydrogens (tertiary/aromatic N) is 3. The number of para-hydroxylation sites is 1. The highest BCUT2D eigenvalue weighted by Gasteiger charge is 2.46. The molecule has 5 rings (SSSR count). The maximum atomic E-state index is 14.4. The summed E-state index contributed by atoms with van der Waals surface area (Å²) < 4.78 is 60.4. The molecule has 2 heterocycles. The van der Waals surface area contributed by atoms with Crippen molar-refractivity contribution in [2.75, 3.05) is 39.8 Å². The van der Waals surface area contributed by atoms with Crippen LogP contribution in [0.2, 0.25) is 0 Å². The fourth-order valence-corrected chi connectivity index (χ4v) is 6.58. The molecular formula is C39H42F4N6O4. The summed E-state index contributed by atoms with van der Waals surface area (Å²) in [6.45, 7) is 7.26. The average Bonchev–Trinajstić information content (AvgIpc) is 3.15. The number of nitrogens with two attached hydrogens (primary N) is 1. The molecule has 0 aromatic heterocycles. The van der Waals surface area contributed by atoms with Crippen molar-refractivity contribution in [1.82, 2.24) is 20.4 Å². The van der Waals surface area contributed by atoms with Gasteiger partial charge < -0.3 is 21.1 Å². The molecule has 14 heteroatoms. The van der Waals surface area contributed by atoms with E-state index in [1.54, 1.807) is 44.4 Å². The number of carbonyl (C=O) groups excluding carboxylic acids is 3. The van der Waals surface area contributed by atoms with Gasteiger partial charge in [0.15, 0.2) is 0 Å². The van der Waals surface area contributed by atoms with Crippen LogP contribution in [0.15, 0.2) is 107 Å². The monoisotopic (exact) mass is 734 g/mol. The third kappa shape index (κ3) is 9.37. The molecule has 10 nitrogen and oxygen atoms in total. The van der Waals surface area contributed by atoms with Gasteiger partial charge in [-0.1, -0.05) is 43.0 Å². The first kappa shape index (κ1) is 38.9. The van der Waals surface area contributed by atoms with Crippen molar-refractivity contribution >= 4 is 29.2 Å². The van der Waals surface area contributed by atoms with Crippen molar-refractivity contribution in [3.63, 3.8) is 0 Å². The van der Waals surface area contributed by atoms with Crippen LogP contribution in [-0.4, -0.2) is 85.3 Å². The molecule has 0 spiro atoms. The molecule has 2 fully saturated rings. The largest absolute Gasteiger partial charge is 0.416 e. The maximum absolute atomic E-state index is 14.4. The van der Waals surface area contributed by atoms with Crippen LogP contribution < -0.4 is 16.4 Å². The summed E-state index contributed by atoms with van der Waals surface area (Å²) in [6.07, 6.45) is -2.81. The maximum Gasteiger partial charge on any atom is 0.416 e. The fourth-order valence-electron chi connectivity index (χ4n) is 6.58. The number of methoxy groups -OCH3 is 1. The van der Waals surface area contributed by atoms with Gasteiger partial charge in [-0.3, -0.25) is 24.2 Å². The summed E-state index contributed by atoms with van der Waals surface area (Å²) >= 11 is 0. The smallest absolute Gasteiger partial charge is 0.400 e. The zero-order chi connectivity index (χ0) is 38.3. The molecule has 2 aliphatic heterocycles. The van der Waals surface area contributed by atoms with Crippen LogP contribution in [0, 0.1) is 5.82 Å². The number of amides is 3. The predicted molar refractivity (Wildman–Crippen MR) is 193 cm³/mol. The lowest BCUT2D eigenvalue weighted by Gasteiger charge is -2.41. The van der Waals surface area contributed by atoms with Crippen LogP contribution in [0.5, 0.6) is 0 Å². The molecule has 0 radical (unpaired) electrons. The predicted octanol–water partition coefficient (Wildman–Crippen LogP) is 5.32. The Morgan fingerprint density at radius 1 is 1.06 bits per heavy atom. The number of likely N-dealkylation sites (tertiary alicyclic amines) is 2. The molecule has 3 atom stereocenters. The van der Waals surface area contributed by atoms with Crippen molar-refractivity contribution in [2.45, 2.75) is 44.0 Å². The number of carbonyl (C=O) groups is 3.